The molecule has 0 aromatic rings. The second-order valence-corrected chi connectivity index (χ2v) is 9.41. The molecule has 0 spiro atoms. The molecule has 1 rings (SSSR count). The summed E-state index contributed by atoms with van der Waals surface area (Å²) in [7, 11) is 1.78. The summed E-state index contributed by atoms with van der Waals surface area (Å²) in [4.78, 5) is 16.8. The van der Waals surface area contributed by atoms with Gasteiger partial charge in [-0.15, -0.1) is 0 Å². The van der Waals surface area contributed by atoms with Gasteiger partial charge < -0.3 is 0 Å². The van der Waals surface area contributed by atoms with Gasteiger partial charge >= 0.3 is 121 Å². The Hall–Kier alpha value is -1.16. The van der Waals surface area contributed by atoms with Gasteiger partial charge in [0.15, 0.2) is 0 Å². The third kappa shape index (κ3) is 4.46. The molecular formula is C14H19IN2O2. The van der Waals surface area contributed by atoms with E-state index in [0.29, 0.717) is 0 Å². The zero-order valence-electron chi connectivity index (χ0n) is 11.5. The Morgan fingerprint density at radius 1 is 1.63 bits per heavy atom. The molecule has 19 heavy (non-hydrogen) atoms. The zero-order chi connectivity index (χ0) is 14.3. The Kier molecular flexibility index (Phi) is 6.78. The Bertz CT molecular complexity index is 461. The van der Waals surface area contributed by atoms with Crippen LogP contribution in [-0.4, -0.2) is 25.1 Å². The molecule has 1 aliphatic rings. The Balaban J connectivity index is 2.76. The number of aliphatic imine (C=N–C) groups is 1. The Morgan fingerprint density at radius 2 is 2.37 bits per heavy atom. The molecule has 0 amide bonds. The molecule has 1 heterocycles. The molecule has 1 saturated heterocycles. The maximum absolute atomic E-state index is 12.5. The molecule has 0 radical (unpaired) electrons. The van der Waals surface area contributed by atoms with Crippen LogP contribution in [0.3, 0.4) is 0 Å². The van der Waals surface area contributed by atoms with Crippen molar-refractivity contribution in [3.05, 3.63) is 23.8 Å². The van der Waals surface area contributed by atoms with Gasteiger partial charge in [0, 0.05) is 0 Å². The number of carbonyl (C=O) groups excluding carboxylic acids is 1. The van der Waals surface area contributed by atoms with E-state index in [2.05, 4.69) is 4.99 Å². The number of halogens is 1. The van der Waals surface area contributed by atoms with Crippen molar-refractivity contribution in [1.29, 1.82) is 5.26 Å². The average Bonchev–Trinajstić information content (AvgIpc) is 2.87. The van der Waals surface area contributed by atoms with E-state index in [4.69, 9.17) is 10.00 Å². The topological polar surface area (TPSA) is 62.4 Å². The maximum atomic E-state index is 12.5. The van der Waals surface area contributed by atoms with Crippen LogP contribution in [-0.2, 0) is 9.53 Å². The van der Waals surface area contributed by atoms with Crippen molar-refractivity contribution in [1.82, 2.24) is 0 Å². The van der Waals surface area contributed by atoms with Crippen LogP contribution in [0.2, 0.25) is 0 Å². The Morgan fingerprint density at radius 3 is 2.95 bits per heavy atom. The molecule has 0 N–H and O–H groups in total. The second-order valence-electron chi connectivity index (χ2n) is 4.05. The van der Waals surface area contributed by atoms with E-state index in [0.717, 1.165) is 26.6 Å². The average molecular weight is 374 g/mol. The van der Waals surface area contributed by atoms with Crippen LogP contribution >= 0.6 is 19.8 Å². The van der Waals surface area contributed by atoms with Crippen LogP contribution in [0, 0.1) is 11.5 Å². The van der Waals surface area contributed by atoms with Crippen molar-refractivity contribution in [3.63, 3.8) is 0 Å². The fourth-order valence-electron chi connectivity index (χ4n) is 1.74. The van der Waals surface area contributed by atoms with E-state index in [1.54, 1.807) is 32.4 Å². The van der Waals surface area contributed by atoms with Gasteiger partial charge in [-0.2, -0.15) is 0 Å². The molecule has 0 aromatic carbocycles. The quantitative estimate of drug-likeness (QED) is 0.185. The van der Waals surface area contributed by atoms with E-state index in [1.807, 2.05) is 13.0 Å². The SMILES string of the molecule is C/C=C(\C=C/C(C)OC#N)C(=O)I1CCCC1=NC. The first-order chi connectivity index (χ1) is 9.13. The number of rotatable bonds is 5. The van der Waals surface area contributed by atoms with Gasteiger partial charge in [-0.1, -0.05) is 0 Å². The molecule has 0 bridgehead atoms. The van der Waals surface area contributed by atoms with Crippen LogP contribution in [0.15, 0.2) is 28.8 Å². The molecular weight excluding hydrogens is 355 g/mol. The van der Waals surface area contributed by atoms with Gasteiger partial charge in [-0.25, -0.2) is 0 Å². The van der Waals surface area contributed by atoms with Crippen molar-refractivity contribution in [2.75, 3.05) is 11.5 Å². The number of alkyl halides is 1. The van der Waals surface area contributed by atoms with E-state index in [1.165, 1.54) is 0 Å². The standard InChI is InChI=1S/C14H19IN2O2/c1-4-12(8-7-11(2)19-10-16)14(18)15-9-5-6-13(15)17-3/h4,7-8,11H,5-6,9H2,1-3H3/b8-7-,12-4+,17-13?. The summed E-state index contributed by atoms with van der Waals surface area (Å²) in [5.41, 5.74) is 0.724. The molecule has 4 nitrogen and oxygen atoms in total. The van der Waals surface area contributed by atoms with Crippen molar-refractivity contribution in [2.24, 2.45) is 4.99 Å². The molecule has 1 aliphatic heterocycles. The molecule has 104 valence electrons. The zero-order valence-corrected chi connectivity index (χ0v) is 13.7. The molecule has 1 atom stereocenters. The summed E-state index contributed by atoms with van der Waals surface area (Å²) >= 11 is -1.75. The van der Waals surface area contributed by atoms with Crippen LogP contribution in [0.25, 0.3) is 0 Å². The first-order valence-corrected chi connectivity index (χ1v) is 9.87. The molecule has 0 aliphatic carbocycles. The predicted octanol–water partition coefficient (Wildman–Crippen LogP) is 3.23. The van der Waals surface area contributed by atoms with Crippen molar-refractivity contribution < 1.29 is 9.53 Å². The van der Waals surface area contributed by atoms with Crippen LogP contribution < -0.4 is 0 Å². The van der Waals surface area contributed by atoms with Gasteiger partial charge in [0.2, 0.25) is 0 Å². The first kappa shape index (κ1) is 15.9. The molecule has 0 aromatic heterocycles. The van der Waals surface area contributed by atoms with Crippen LogP contribution in [0.4, 0.5) is 0 Å². The summed E-state index contributed by atoms with van der Waals surface area (Å²) in [6.07, 6.45) is 8.77. The fourth-order valence-corrected chi connectivity index (χ4v) is 7.42. The normalized spacial score (nSPS) is 21.7. The summed E-state index contributed by atoms with van der Waals surface area (Å²) in [6.45, 7) is 3.63. The summed E-state index contributed by atoms with van der Waals surface area (Å²) < 4.78 is 7.21. The minimum atomic E-state index is -1.75. The van der Waals surface area contributed by atoms with E-state index in [9.17, 15) is 4.79 Å². The number of carbonyl (C=O) groups is 1. The van der Waals surface area contributed by atoms with Crippen LogP contribution in [0.5, 0.6) is 0 Å². The Labute approximate surface area is 121 Å². The van der Waals surface area contributed by atoms with Gasteiger partial charge in [0.05, 0.1) is 0 Å². The van der Waals surface area contributed by atoms with E-state index >= 15 is 0 Å². The number of hydrogen-bond acceptors (Lipinski definition) is 4. The number of nitriles is 1. The van der Waals surface area contributed by atoms with Crippen molar-refractivity contribution in [2.45, 2.75) is 32.8 Å². The summed E-state index contributed by atoms with van der Waals surface area (Å²) in [6, 6.07) is 0. The number of hydrogen-bond donors (Lipinski definition) is 0. The van der Waals surface area contributed by atoms with E-state index in [-0.39, 0.29) is 9.89 Å². The second kappa shape index (κ2) is 8.10. The number of ether oxygens (including phenoxy) is 1. The van der Waals surface area contributed by atoms with Crippen molar-refractivity contribution in [3.8, 4) is 6.26 Å². The monoisotopic (exact) mass is 374 g/mol. The molecule has 5 heteroatoms. The van der Waals surface area contributed by atoms with Crippen LogP contribution in [0.1, 0.15) is 26.7 Å². The first-order valence-electron chi connectivity index (χ1n) is 6.19. The van der Waals surface area contributed by atoms with Gasteiger partial charge in [-0.3, -0.25) is 0 Å². The molecule has 0 saturated carbocycles. The summed E-state index contributed by atoms with van der Waals surface area (Å²) in [5.74, 6) is 0. The summed E-state index contributed by atoms with van der Waals surface area (Å²) in [5, 5.41) is 8.41. The third-order valence-corrected chi connectivity index (χ3v) is 8.91. The number of allylic oxidation sites excluding steroid dienone is 3. The fraction of sp³-hybridized carbons (Fsp3) is 0.500. The molecule has 1 fully saturated rings. The number of nitrogens with zero attached hydrogens (tertiary/aromatic N) is 2. The van der Waals surface area contributed by atoms with Gasteiger partial charge in [-0.05, 0) is 0 Å². The van der Waals surface area contributed by atoms with Gasteiger partial charge in [0.1, 0.15) is 0 Å². The third-order valence-electron chi connectivity index (χ3n) is 2.74. The predicted molar refractivity (Wildman–Crippen MR) is 85.5 cm³/mol. The van der Waals surface area contributed by atoms with Gasteiger partial charge in [0.25, 0.3) is 0 Å². The van der Waals surface area contributed by atoms with Crippen molar-refractivity contribution >= 4 is 27.3 Å². The van der Waals surface area contributed by atoms with E-state index < -0.39 is 19.8 Å². The minimum absolute atomic E-state index is 0.269. The molecule has 1 unspecified atom stereocenters.